The summed E-state index contributed by atoms with van der Waals surface area (Å²) in [5.74, 6) is 1.73. The molecule has 0 aliphatic rings. The van der Waals surface area contributed by atoms with Crippen LogP contribution in [0.4, 0.5) is 8.78 Å². The lowest BCUT2D eigenvalue weighted by Crippen LogP contribution is -2.38. The number of benzene rings is 2. The molecule has 0 amide bonds. The molecule has 3 rings (SSSR count). The summed E-state index contributed by atoms with van der Waals surface area (Å²) >= 11 is 0. The van der Waals surface area contributed by atoms with E-state index in [9.17, 15) is 8.78 Å². The van der Waals surface area contributed by atoms with Gasteiger partial charge in [0.15, 0.2) is 5.96 Å². The number of aromatic nitrogens is 2. The minimum atomic E-state index is -2.87. The van der Waals surface area contributed by atoms with Gasteiger partial charge in [0.1, 0.15) is 11.6 Å². The molecule has 0 fully saturated rings. The van der Waals surface area contributed by atoms with E-state index in [0.29, 0.717) is 31.0 Å². The zero-order chi connectivity index (χ0) is 22.8. The highest BCUT2D eigenvalue weighted by molar-refractivity contribution is 14.0. The van der Waals surface area contributed by atoms with Crippen molar-refractivity contribution >= 4 is 29.9 Å². The fraction of sp³-hybridized carbons (Fsp3) is 0.333. The fourth-order valence-corrected chi connectivity index (χ4v) is 3.33. The van der Waals surface area contributed by atoms with Crippen molar-refractivity contribution < 1.29 is 13.5 Å². The Morgan fingerprint density at radius 3 is 2.67 bits per heavy atom. The largest absolute Gasteiger partial charge is 0.434 e. The van der Waals surface area contributed by atoms with E-state index in [-0.39, 0.29) is 36.3 Å². The Hall–Kier alpha value is -2.69. The average Bonchev–Trinajstić information content (AvgIpc) is 3.21. The number of nitrogens with zero attached hydrogens (tertiary/aromatic N) is 3. The SMILES string of the molecule is CCNC(=NCc1cc(C)ccc1OC(F)F)NCCc1nccn1Cc1ccccc1.I. The van der Waals surface area contributed by atoms with Crippen molar-refractivity contribution in [2.24, 2.45) is 4.99 Å². The maximum Gasteiger partial charge on any atom is 0.387 e. The van der Waals surface area contributed by atoms with Gasteiger partial charge in [0.25, 0.3) is 0 Å². The Bertz CT molecular complexity index is 1010. The normalized spacial score (nSPS) is 11.2. The van der Waals surface area contributed by atoms with Crippen molar-refractivity contribution in [2.45, 2.75) is 40.0 Å². The number of aliphatic imine (C=N–C) groups is 1. The van der Waals surface area contributed by atoms with Crippen molar-refractivity contribution in [1.82, 2.24) is 20.2 Å². The van der Waals surface area contributed by atoms with Crippen molar-refractivity contribution in [2.75, 3.05) is 13.1 Å². The summed E-state index contributed by atoms with van der Waals surface area (Å²) in [6, 6.07) is 15.3. The zero-order valence-electron chi connectivity index (χ0n) is 18.8. The van der Waals surface area contributed by atoms with Gasteiger partial charge in [-0.15, -0.1) is 24.0 Å². The van der Waals surface area contributed by atoms with Gasteiger partial charge in [-0.1, -0.05) is 48.0 Å². The van der Waals surface area contributed by atoms with Crippen LogP contribution in [0.25, 0.3) is 0 Å². The molecule has 0 spiro atoms. The van der Waals surface area contributed by atoms with Gasteiger partial charge in [0, 0.05) is 44.0 Å². The quantitative estimate of drug-likeness (QED) is 0.210. The maximum atomic E-state index is 12.7. The molecule has 1 heterocycles. The predicted molar refractivity (Wildman–Crippen MR) is 138 cm³/mol. The number of nitrogens with one attached hydrogen (secondary N) is 2. The van der Waals surface area contributed by atoms with Crippen LogP contribution in [0.1, 0.15) is 29.4 Å². The molecular weight excluding hydrogens is 539 g/mol. The first kappa shape index (κ1) is 26.6. The second kappa shape index (κ2) is 13.8. The number of alkyl halides is 2. The Morgan fingerprint density at radius 1 is 1.15 bits per heavy atom. The van der Waals surface area contributed by atoms with Crippen LogP contribution < -0.4 is 15.4 Å². The highest BCUT2D eigenvalue weighted by Gasteiger charge is 2.10. The Labute approximate surface area is 210 Å². The molecule has 6 nitrogen and oxygen atoms in total. The average molecular weight is 569 g/mol. The minimum absolute atomic E-state index is 0. The number of halogens is 3. The summed E-state index contributed by atoms with van der Waals surface area (Å²) in [7, 11) is 0. The number of guanidine groups is 1. The van der Waals surface area contributed by atoms with Gasteiger partial charge in [0.2, 0.25) is 0 Å². The molecule has 0 radical (unpaired) electrons. The van der Waals surface area contributed by atoms with Crippen LogP contribution in [-0.2, 0) is 19.5 Å². The molecule has 0 unspecified atom stereocenters. The van der Waals surface area contributed by atoms with Crippen LogP contribution in [0.3, 0.4) is 0 Å². The first-order valence-corrected chi connectivity index (χ1v) is 10.7. The predicted octanol–water partition coefficient (Wildman–Crippen LogP) is 4.76. The van der Waals surface area contributed by atoms with E-state index in [0.717, 1.165) is 17.9 Å². The lowest BCUT2D eigenvalue weighted by molar-refractivity contribution is -0.0504. The van der Waals surface area contributed by atoms with E-state index in [1.54, 1.807) is 18.3 Å². The van der Waals surface area contributed by atoms with E-state index in [4.69, 9.17) is 0 Å². The standard InChI is InChI=1S/C24H29F2N5O.HI/c1-3-27-24(30-16-20-15-18(2)9-10-21(20)32-23(25)26)29-12-11-22-28-13-14-31(22)17-19-7-5-4-6-8-19;/h4-10,13-15,23H,3,11-12,16-17H2,1-2H3,(H2,27,29,30);1H. The fourth-order valence-electron chi connectivity index (χ4n) is 3.33. The van der Waals surface area contributed by atoms with Gasteiger partial charge in [-0.2, -0.15) is 8.78 Å². The van der Waals surface area contributed by atoms with Gasteiger partial charge < -0.3 is 19.9 Å². The van der Waals surface area contributed by atoms with Crippen LogP contribution in [0, 0.1) is 6.92 Å². The molecular formula is C24H30F2IN5O. The maximum absolute atomic E-state index is 12.7. The number of ether oxygens (including phenoxy) is 1. The van der Waals surface area contributed by atoms with E-state index in [1.165, 1.54) is 5.56 Å². The van der Waals surface area contributed by atoms with Crippen LogP contribution >= 0.6 is 24.0 Å². The topological polar surface area (TPSA) is 63.5 Å². The molecule has 33 heavy (non-hydrogen) atoms. The van der Waals surface area contributed by atoms with E-state index < -0.39 is 6.61 Å². The summed E-state index contributed by atoms with van der Waals surface area (Å²) in [6.07, 6.45) is 4.50. The molecule has 9 heteroatoms. The molecule has 0 saturated heterocycles. The van der Waals surface area contributed by atoms with Gasteiger partial charge in [0.05, 0.1) is 6.54 Å². The van der Waals surface area contributed by atoms with Gasteiger partial charge in [-0.25, -0.2) is 9.98 Å². The molecule has 2 N–H and O–H groups in total. The molecule has 3 aromatic rings. The number of imidazole rings is 1. The summed E-state index contributed by atoms with van der Waals surface area (Å²) < 4.78 is 32.2. The molecule has 0 saturated carbocycles. The van der Waals surface area contributed by atoms with Crippen molar-refractivity contribution in [3.63, 3.8) is 0 Å². The summed E-state index contributed by atoms with van der Waals surface area (Å²) in [6.45, 7) is 3.31. The Balaban J connectivity index is 0.00000385. The van der Waals surface area contributed by atoms with Gasteiger partial charge in [-0.05, 0) is 25.5 Å². The van der Waals surface area contributed by atoms with Crippen molar-refractivity contribution in [3.05, 3.63) is 83.4 Å². The Morgan fingerprint density at radius 2 is 1.94 bits per heavy atom. The van der Waals surface area contributed by atoms with Crippen LogP contribution in [0.5, 0.6) is 5.75 Å². The molecule has 1 aromatic heterocycles. The lowest BCUT2D eigenvalue weighted by atomic mass is 10.1. The van der Waals surface area contributed by atoms with Gasteiger partial charge >= 0.3 is 6.61 Å². The summed E-state index contributed by atoms with van der Waals surface area (Å²) in [4.78, 5) is 9.02. The van der Waals surface area contributed by atoms with Crippen LogP contribution in [-0.4, -0.2) is 35.2 Å². The minimum Gasteiger partial charge on any atom is -0.434 e. The first-order valence-electron chi connectivity index (χ1n) is 10.7. The monoisotopic (exact) mass is 569 g/mol. The van der Waals surface area contributed by atoms with E-state index in [2.05, 4.69) is 42.0 Å². The summed E-state index contributed by atoms with van der Waals surface area (Å²) in [5, 5.41) is 6.48. The number of aryl methyl sites for hydroxylation is 1. The van der Waals surface area contributed by atoms with Gasteiger partial charge in [-0.3, -0.25) is 0 Å². The van der Waals surface area contributed by atoms with Crippen LogP contribution in [0.2, 0.25) is 0 Å². The lowest BCUT2D eigenvalue weighted by Gasteiger charge is -2.14. The molecule has 0 atom stereocenters. The third-order valence-corrected chi connectivity index (χ3v) is 4.82. The second-order valence-corrected chi connectivity index (χ2v) is 7.32. The molecule has 0 bridgehead atoms. The van der Waals surface area contributed by atoms with E-state index >= 15 is 0 Å². The number of hydrogen-bond donors (Lipinski definition) is 2. The van der Waals surface area contributed by atoms with Crippen molar-refractivity contribution in [1.29, 1.82) is 0 Å². The highest BCUT2D eigenvalue weighted by Crippen LogP contribution is 2.22. The third-order valence-electron chi connectivity index (χ3n) is 4.82. The van der Waals surface area contributed by atoms with E-state index in [1.807, 2.05) is 44.3 Å². The number of hydrogen-bond acceptors (Lipinski definition) is 3. The zero-order valence-corrected chi connectivity index (χ0v) is 21.1. The molecule has 0 aliphatic carbocycles. The third kappa shape index (κ3) is 8.64. The smallest absolute Gasteiger partial charge is 0.387 e. The van der Waals surface area contributed by atoms with Crippen molar-refractivity contribution in [3.8, 4) is 5.75 Å². The Kier molecular flexibility index (Phi) is 11.1. The highest BCUT2D eigenvalue weighted by atomic mass is 127. The summed E-state index contributed by atoms with van der Waals surface area (Å²) in [5.41, 5.74) is 2.79. The second-order valence-electron chi connectivity index (χ2n) is 7.32. The molecule has 178 valence electrons. The first-order chi connectivity index (χ1) is 15.5. The number of rotatable bonds is 10. The van der Waals surface area contributed by atoms with Crippen LogP contribution in [0.15, 0.2) is 65.9 Å². The molecule has 0 aliphatic heterocycles. The molecule has 2 aromatic carbocycles.